The van der Waals surface area contributed by atoms with Crippen LogP contribution in [0, 0.1) is 0 Å². The third kappa shape index (κ3) is 5.84. The molecule has 0 aromatic heterocycles. The van der Waals surface area contributed by atoms with E-state index in [0.717, 1.165) is 25.7 Å². The molecule has 1 aliphatic heterocycles. The van der Waals surface area contributed by atoms with Crippen molar-refractivity contribution in [1.29, 1.82) is 0 Å². The highest BCUT2D eigenvalue weighted by Gasteiger charge is 2.32. The first-order valence-electron chi connectivity index (χ1n) is 8.99. The molecule has 2 atom stereocenters. The summed E-state index contributed by atoms with van der Waals surface area (Å²) in [4.78, 5) is 26.8. The lowest BCUT2D eigenvalue weighted by Crippen LogP contribution is -2.48. The maximum absolute atomic E-state index is 12.8. The number of hydrogen-bond acceptors (Lipinski definition) is 4. The van der Waals surface area contributed by atoms with Crippen molar-refractivity contribution in [1.82, 2.24) is 15.8 Å². The highest BCUT2D eigenvalue weighted by atomic mass is 35.5. The fourth-order valence-electron chi connectivity index (χ4n) is 3.04. The van der Waals surface area contributed by atoms with Gasteiger partial charge in [-0.1, -0.05) is 43.5 Å². The molecule has 6 nitrogen and oxygen atoms in total. The van der Waals surface area contributed by atoms with Crippen LogP contribution in [0.3, 0.4) is 0 Å². The normalized spacial score (nSPS) is 19.4. The van der Waals surface area contributed by atoms with Gasteiger partial charge < -0.3 is 10.2 Å². The number of nitrogens with zero attached hydrogens (tertiary/aromatic N) is 1. The Labute approximate surface area is 164 Å². The summed E-state index contributed by atoms with van der Waals surface area (Å²) in [5, 5.41) is 3.61. The number of hydrazine groups is 1. The molecule has 1 saturated heterocycles. The fourth-order valence-corrected chi connectivity index (χ4v) is 3.37. The predicted octanol–water partition coefficient (Wildman–Crippen LogP) is 3.21. The van der Waals surface area contributed by atoms with Crippen LogP contribution in [0.15, 0.2) is 18.2 Å². The summed E-state index contributed by atoms with van der Waals surface area (Å²) < 4.78 is 0. The number of nitrogens with one attached hydrogen (secondary N) is 3. The molecule has 1 aliphatic rings. The Morgan fingerprint density at radius 1 is 1.23 bits per heavy atom. The smallest absolute Gasteiger partial charge is 0.244 e. The van der Waals surface area contributed by atoms with Crippen LogP contribution >= 0.6 is 23.2 Å². The van der Waals surface area contributed by atoms with Gasteiger partial charge in [0.05, 0.1) is 17.3 Å². The Balaban J connectivity index is 1.97. The van der Waals surface area contributed by atoms with Crippen LogP contribution < -0.4 is 16.2 Å². The van der Waals surface area contributed by atoms with E-state index in [1.54, 1.807) is 23.1 Å². The molecular formula is C18H26Cl2N4O2. The minimum Gasteiger partial charge on any atom is -0.332 e. The van der Waals surface area contributed by atoms with Gasteiger partial charge in [0.2, 0.25) is 11.8 Å². The molecule has 1 fully saturated rings. The molecule has 0 spiro atoms. The van der Waals surface area contributed by atoms with Gasteiger partial charge >= 0.3 is 0 Å². The molecule has 8 heteroatoms. The van der Waals surface area contributed by atoms with Gasteiger partial charge in [-0.05, 0) is 37.5 Å². The van der Waals surface area contributed by atoms with E-state index in [9.17, 15) is 9.59 Å². The first kappa shape index (κ1) is 21.0. The number of rotatable bonds is 8. The van der Waals surface area contributed by atoms with Crippen LogP contribution in [0.5, 0.6) is 0 Å². The van der Waals surface area contributed by atoms with E-state index in [1.165, 1.54) is 0 Å². The van der Waals surface area contributed by atoms with Crippen molar-refractivity contribution in [2.75, 3.05) is 18.4 Å². The lowest BCUT2D eigenvalue weighted by atomic mass is 10.1. The van der Waals surface area contributed by atoms with Crippen LogP contribution in [-0.2, 0) is 9.59 Å². The van der Waals surface area contributed by atoms with Crippen LogP contribution in [0.4, 0.5) is 5.69 Å². The standard InChI is InChI=1S/C18H26Cl2N4O2/c1-3-5-13-10-16(23-22-13)18(26)24(8-4-2)11-17(25)21-15-9-12(19)6-7-14(15)20/h6-7,9,13,16,22-23H,3-5,8,10-11H2,1-2H3,(H,21,25). The molecule has 1 aromatic rings. The fraction of sp³-hybridized carbons (Fsp3) is 0.556. The molecule has 0 saturated carbocycles. The van der Waals surface area contributed by atoms with Crippen LogP contribution in [0.2, 0.25) is 10.0 Å². The van der Waals surface area contributed by atoms with E-state index in [-0.39, 0.29) is 30.4 Å². The molecule has 1 heterocycles. The van der Waals surface area contributed by atoms with Gasteiger partial charge in [-0.25, -0.2) is 5.43 Å². The Bertz CT molecular complexity index is 642. The van der Waals surface area contributed by atoms with Gasteiger partial charge in [0.15, 0.2) is 0 Å². The van der Waals surface area contributed by atoms with Crippen LogP contribution in [0.25, 0.3) is 0 Å². The predicted molar refractivity (Wildman–Crippen MR) is 105 cm³/mol. The van der Waals surface area contributed by atoms with Crippen molar-refractivity contribution < 1.29 is 9.59 Å². The second-order valence-corrected chi connectivity index (χ2v) is 7.34. The summed E-state index contributed by atoms with van der Waals surface area (Å²) in [6, 6.07) is 4.84. The van der Waals surface area contributed by atoms with Gasteiger partial charge in [0.25, 0.3) is 0 Å². The number of hydrogen-bond donors (Lipinski definition) is 3. The molecule has 2 rings (SSSR count). The molecule has 0 aliphatic carbocycles. The number of amides is 2. The number of benzene rings is 1. The molecule has 144 valence electrons. The zero-order valence-electron chi connectivity index (χ0n) is 15.1. The number of anilines is 1. The Kier molecular flexibility index (Phi) is 8.15. The van der Waals surface area contributed by atoms with Crippen LogP contribution in [0.1, 0.15) is 39.5 Å². The number of carbonyl (C=O) groups is 2. The summed E-state index contributed by atoms with van der Waals surface area (Å²) in [7, 11) is 0. The quantitative estimate of drug-likeness (QED) is 0.626. The molecule has 2 amide bonds. The number of halogens is 2. The first-order valence-corrected chi connectivity index (χ1v) is 9.74. The molecular weight excluding hydrogens is 375 g/mol. The number of carbonyl (C=O) groups excluding carboxylic acids is 2. The molecule has 0 bridgehead atoms. The third-order valence-corrected chi connectivity index (χ3v) is 4.82. The van der Waals surface area contributed by atoms with Gasteiger partial charge in [-0.15, -0.1) is 0 Å². The van der Waals surface area contributed by atoms with Crippen molar-refractivity contribution in [2.24, 2.45) is 0 Å². The lowest BCUT2D eigenvalue weighted by Gasteiger charge is -2.24. The maximum atomic E-state index is 12.8. The van der Waals surface area contributed by atoms with Crippen molar-refractivity contribution >= 4 is 40.7 Å². The first-order chi connectivity index (χ1) is 12.4. The van der Waals surface area contributed by atoms with Gasteiger partial charge in [0.1, 0.15) is 6.04 Å². The summed E-state index contributed by atoms with van der Waals surface area (Å²) in [6.45, 7) is 4.59. The van der Waals surface area contributed by atoms with Crippen molar-refractivity contribution in [3.63, 3.8) is 0 Å². The van der Waals surface area contributed by atoms with Crippen molar-refractivity contribution in [2.45, 2.75) is 51.6 Å². The second-order valence-electron chi connectivity index (χ2n) is 6.49. The average molecular weight is 401 g/mol. The Morgan fingerprint density at radius 3 is 2.69 bits per heavy atom. The van der Waals surface area contributed by atoms with Gasteiger partial charge in [-0.2, -0.15) is 0 Å². The molecule has 3 N–H and O–H groups in total. The zero-order chi connectivity index (χ0) is 19.1. The summed E-state index contributed by atoms with van der Waals surface area (Å²) in [5.41, 5.74) is 6.66. The highest BCUT2D eigenvalue weighted by molar-refractivity contribution is 6.35. The topological polar surface area (TPSA) is 73.5 Å². The molecule has 2 unspecified atom stereocenters. The second kappa shape index (κ2) is 10.1. The molecule has 1 aromatic carbocycles. The zero-order valence-corrected chi connectivity index (χ0v) is 16.7. The third-order valence-electron chi connectivity index (χ3n) is 4.26. The summed E-state index contributed by atoms with van der Waals surface area (Å²) >= 11 is 12.0. The van der Waals surface area contributed by atoms with Gasteiger partial charge in [0, 0.05) is 17.6 Å². The molecule has 26 heavy (non-hydrogen) atoms. The Hall–Kier alpha value is -1.34. The van der Waals surface area contributed by atoms with E-state index in [4.69, 9.17) is 23.2 Å². The minimum atomic E-state index is -0.305. The van der Waals surface area contributed by atoms with E-state index >= 15 is 0 Å². The van der Waals surface area contributed by atoms with Crippen molar-refractivity contribution in [3.05, 3.63) is 28.2 Å². The van der Waals surface area contributed by atoms with Crippen LogP contribution in [-0.4, -0.2) is 41.9 Å². The van der Waals surface area contributed by atoms with E-state index in [1.807, 2.05) is 6.92 Å². The summed E-state index contributed by atoms with van der Waals surface area (Å²) in [6.07, 6.45) is 3.57. The summed E-state index contributed by atoms with van der Waals surface area (Å²) in [5.74, 6) is -0.364. The van der Waals surface area contributed by atoms with E-state index < -0.39 is 0 Å². The van der Waals surface area contributed by atoms with E-state index in [2.05, 4.69) is 23.1 Å². The van der Waals surface area contributed by atoms with E-state index in [0.29, 0.717) is 22.3 Å². The average Bonchev–Trinajstić information content (AvgIpc) is 3.06. The highest BCUT2D eigenvalue weighted by Crippen LogP contribution is 2.25. The monoisotopic (exact) mass is 400 g/mol. The minimum absolute atomic E-state index is 0.0217. The Morgan fingerprint density at radius 2 is 2.00 bits per heavy atom. The SMILES string of the molecule is CCCC1CC(C(=O)N(CCC)CC(=O)Nc2cc(Cl)ccc2Cl)NN1. The molecule has 0 radical (unpaired) electrons. The van der Waals surface area contributed by atoms with Crippen molar-refractivity contribution in [3.8, 4) is 0 Å². The van der Waals surface area contributed by atoms with Gasteiger partial charge in [-0.3, -0.25) is 15.0 Å². The largest absolute Gasteiger partial charge is 0.332 e. The lowest BCUT2D eigenvalue weighted by molar-refractivity contribution is -0.136. The maximum Gasteiger partial charge on any atom is 0.244 e.